The van der Waals surface area contributed by atoms with Crippen LogP contribution in [0.5, 0.6) is 0 Å². The Kier molecular flexibility index (Phi) is 6.70. The summed E-state index contributed by atoms with van der Waals surface area (Å²) in [6, 6.07) is 15.9. The molecular formula is C26H27FN2O2S. The fourth-order valence-electron chi connectivity index (χ4n) is 3.75. The molecule has 0 spiro atoms. The summed E-state index contributed by atoms with van der Waals surface area (Å²) in [6.07, 6.45) is 1.85. The predicted molar refractivity (Wildman–Crippen MR) is 125 cm³/mol. The first kappa shape index (κ1) is 22.2. The Hall–Kier alpha value is -2.99. The molecule has 1 aromatic heterocycles. The lowest BCUT2D eigenvalue weighted by molar-refractivity contribution is -0.133. The van der Waals surface area contributed by atoms with Crippen molar-refractivity contribution in [1.82, 2.24) is 9.80 Å². The van der Waals surface area contributed by atoms with Crippen LogP contribution in [0.2, 0.25) is 0 Å². The van der Waals surface area contributed by atoms with Gasteiger partial charge in [-0.1, -0.05) is 30.3 Å². The van der Waals surface area contributed by atoms with Crippen LogP contribution < -0.4 is 0 Å². The summed E-state index contributed by atoms with van der Waals surface area (Å²) >= 11 is 1.62. The van der Waals surface area contributed by atoms with E-state index in [2.05, 4.69) is 0 Å². The Morgan fingerprint density at radius 1 is 0.969 bits per heavy atom. The van der Waals surface area contributed by atoms with E-state index in [9.17, 15) is 14.0 Å². The van der Waals surface area contributed by atoms with Gasteiger partial charge >= 0.3 is 0 Å². The Morgan fingerprint density at radius 2 is 1.69 bits per heavy atom. The third kappa shape index (κ3) is 5.25. The van der Waals surface area contributed by atoms with Crippen LogP contribution in [-0.2, 0) is 17.9 Å². The zero-order valence-electron chi connectivity index (χ0n) is 18.4. The summed E-state index contributed by atoms with van der Waals surface area (Å²) in [5.41, 5.74) is 3.55. The van der Waals surface area contributed by atoms with Crippen LogP contribution in [0.25, 0.3) is 0 Å². The zero-order chi connectivity index (χ0) is 22.7. The number of carbonyl (C=O) groups is 2. The molecule has 0 aliphatic heterocycles. The molecule has 0 radical (unpaired) electrons. The normalized spacial score (nSPS) is 13.1. The van der Waals surface area contributed by atoms with Crippen LogP contribution in [0.4, 0.5) is 4.39 Å². The second kappa shape index (κ2) is 9.65. The second-order valence-electron chi connectivity index (χ2n) is 8.38. The highest BCUT2D eigenvalue weighted by Crippen LogP contribution is 2.29. The summed E-state index contributed by atoms with van der Waals surface area (Å²) in [5.74, 6) is -0.492. The Bertz CT molecular complexity index is 1110. The third-order valence-electron chi connectivity index (χ3n) is 5.87. The number of halogens is 1. The van der Waals surface area contributed by atoms with Crippen molar-refractivity contribution in [2.45, 2.75) is 45.8 Å². The summed E-state index contributed by atoms with van der Waals surface area (Å²) in [6.45, 7) is 4.83. The molecule has 1 aliphatic carbocycles. The van der Waals surface area contributed by atoms with Gasteiger partial charge in [0.15, 0.2) is 0 Å². The highest BCUT2D eigenvalue weighted by atomic mass is 32.1. The number of nitrogens with zero attached hydrogens (tertiary/aromatic N) is 2. The van der Waals surface area contributed by atoms with E-state index in [0.29, 0.717) is 18.7 Å². The number of thiophene rings is 1. The topological polar surface area (TPSA) is 40.6 Å². The highest BCUT2D eigenvalue weighted by Gasteiger charge is 2.35. The van der Waals surface area contributed by atoms with Gasteiger partial charge in [0.05, 0.1) is 6.54 Å². The minimum atomic E-state index is -0.301. The van der Waals surface area contributed by atoms with Crippen LogP contribution in [-0.4, -0.2) is 34.2 Å². The van der Waals surface area contributed by atoms with Crippen LogP contribution >= 0.6 is 11.3 Å². The van der Waals surface area contributed by atoms with Gasteiger partial charge in [-0.2, -0.15) is 0 Å². The molecule has 4 nitrogen and oxygen atoms in total. The number of hydrogen-bond acceptors (Lipinski definition) is 3. The van der Waals surface area contributed by atoms with Gasteiger partial charge < -0.3 is 9.80 Å². The molecule has 0 saturated heterocycles. The maximum atomic E-state index is 13.5. The first-order valence-electron chi connectivity index (χ1n) is 10.8. The highest BCUT2D eigenvalue weighted by molar-refractivity contribution is 7.10. The average Bonchev–Trinajstić information content (AvgIpc) is 3.55. The molecular weight excluding hydrogens is 423 g/mol. The van der Waals surface area contributed by atoms with Gasteiger partial charge in [0.25, 0.3) is 5.91 Å². The van der Waals surface area contributed by atoms with Gasteiger partial charge in [-0.25, -0.2) is 4.39 Å². The molecule has 1 aliphatic rings. The zero-order valence-corrected chi connectivity index (χ0v) is 19.2. The van der Waals surface area contributed by atoms with Crippen molar-refractivity contribution in [3.8, 4) is 0 Å². The number of aryl methyl sites for hydroxylation is 2. The molecule has 32 heavy (non-hydrogen) atoms. The van der Waals surface area contributed by atoms with E-state index < -0.39 is 0 Å². The van der Waals surface area contributed by atoms with Crippen molar-refractivity contribution in [2.75, 3.05) is 6.54 Å². The van der Waals surface area contributed by atoms with Crippen molar-refractivity contribution in [2.24, 2.45) is 0 Å². The van der Waals surface area contributed by atoms with E-state index in [1.807, 2.05) is 49.6 Å². The maximum Gasteiger partial charge on any atom is 0.254 e. The lowest BCUT2D eigenvalue weighted by atomic mass is 10.1. The van der Waals surface area contributed by atoms with E-state index in [0.717, 1.165) is 34.4 Å². The first-order chi connectivity index (χ1) is 15.4. The quantitative estimate of drug-likeness (QED) is 0.465. The van der Waals surface area contributed by atoms with Gasteiger partial charge in [-0.3, -0.25) is 9.59 Å². The number of rotatable bonds is 8. The molecule has 0 atom stereocenters. The molecule has 0 bridgehead atoms. The van der Waals surface area contributed by atoms with Crippen LogP contribution in [0.15, 0.2) is 60.0 Å². The Morgan fingerprint density at radius 3 is 2.31 bits per heavy atom. The van der Waals surface area contributed by atoms with E-state index in [-0.39, 0.29) is 30.2 Å². The number of benzene rings is 2. The van der Waals surface area contributed by atoms with Gasteiger partial charge in [0.2, 0.25) is 5.91 Å². The maximum absolute atomic E-state index is 13.5. The van der Waals surface area contributed by atoms with Gasteiger partial charge in [-0.05, 0) is 73.0 Å². The SMILES string of the molecule is Cc1ccccc1C(=O)N(CC(=O)N(Cc1ccc(F)cc1)Cc1sccc1C)C1CC1. The Labute approximate surface area is 192 Å². The molecule has 1 fully saturated rings. The second-order valence-corrected chi connectivity index (χ2v) is 9.38. The summed E-state index contributed by atoms with van der Waals surface area (Å²) in [5, 5.41) is 2.02. The minimum Gasteiger partial charge on any atom is -0.332 e. The molecule has 166 valence electrons. The fourth-order valence-corrected chi connectivity index (χ4v) is 4.67. The number of carbonyl (C=O) groups excluding carboxylic acids is 2. The molecule has 1 saturated carbocycles. The van der Waals surface area contributed by atoms with E-state index in [1.165, 1.54) is 12.1 Å². The summed E-state index contributed by atoms with van der Waals surface area (Å²) in [7, 11) is 0. The van der Waals surface area contributed by atoms with Gasteiger partial charge in [-0.15, -0.1) is 11.3 Å². The van der Waals surface area contributed by atoms with Crippen molar-refractivity contribution >= 4 is 23.2 Å². The largest absolute Gasteiger partial charge is 0.332 e. The van der Waals surface area contributed by atoms with E-state index in [1.54, 1.807) is 33.3 Å². The van der Waals surface area contributed by atoms with Crippen LogP contribution in [0, 0.1) is 19.7 Å². The van der Waals surface area contributed by atoms with E-state index in [4.69, 9.17) is 0 Å². The van der Waals surface area contributed by atoms with Crippen molar-refractivity contribution in [3.05, 3.63) is 92.9 Å². The molecule has 3 aromatic rings. The van der Waals surface area contributed by atoms with Gasteiger partial charge in [0.1, 0.15) is 12.4 Å². The molecule has 6 heteroatoms. The fraction of sp³-hybridized carbons (Fsp3) is 0.308. The monoisotopic (exact) mass is 450 g/mol. The molecule has 0 unspecified atom stereocenters. The van der Waals surface area contributed by atoms with Crippen LogP contribution in [0.3, 0.4) is 0 Å². The lowest BCUT2D eigenvalue weighted by Gasteiger charge is -2.28. The number of amides is 2. The molecule has 1 heterocycles. The van der Waals surface area contributed by atoms with Crippen molar-refractivity contribution in [3.63, 3.8) is 0 Å². The van der Waals surface area contributed by atoms with Crippen molar-refractivity contribution < 1.29 is 14.0 Å². The first-order valence-corrected chi connectivity index (χ1v) is 11.7. The standard InChI is InChI=1S/C26H27FN2O2S/c1-18-5-3-4-6-23(18)26(31)29(22-11-12-22)17-25(30)28(16-24-19(2)13-14-32-24)15-20-7-9-21(27)10-8-20/h3-10,13-14,22H,11-12,15-17H2,1-2H3. The van der Waals surface area contributed by atoms with Gasteiger partial charge in [0, 0.05) is 23.0 Å². The number of hydrogen-bond donors (Lipinski definition) is 0. The predicted octanol–water partition coefficient (Wildman–Crippen LogP) is 5.34. The Balaban J connectivity index is 1.55. The van der Waals surface area contributed by atoms with Crippen molar-refractivity contribution in [1.29, 1.82) is 0 Å². The third-order valence-corrected chi connectivity index (χ3v) is 6.88. The molecule has 2 amide bonds. The summed E-state index contributed by atoms with van der Waals surface area (Å²) < 4.78 is 13.4. The molecule has 0 N–H and O–H groups in total. The molecule has 4 rings (SSSR count). The van der Waals surface area contributed by atoms with E-state index >= 15 is 0 Å². The average molecular weight is 451 g/mol. The lowest BCUT2D eigenvalue weighted by Crippen LogP contribution is -2.43. The summed E-state index contributed by atoms with van der Waals surface area (Å²) in [4.78, 5) is 31.4. The minimum absolute atomic E-state index is 0.0451. The smallest absolute Gasteiger partial charge is 0.254 e. The molecule has 2 aromatic carbocycles. The van der Waals surface area contributed by atoms with Crippen LogP contribution in [0.1, 0.15) is 44.8 Å².